The predicted molar refractivity (Wildman–Crippen MR) is 110 cm³/mol. The molecule has 2 saturated heterocycles. The Balaban J connectivity index is 1.64. The van der Waals surface area contributed by atoms with Crippen LogP contribution in [0.2, 0.25) is 0 Å². The van der Waals surface area contributed by atoms with Crippen molar-refractivity contribution in [1.29, 1.82) is 0 Å². The van der Waals surface area contributed by atoms with Crippen LogP contribution in [0.5, 0.6) is 0 Å². The molecular formula is C20H30N4O5S. The zero-order valence-electron chi connectivity index (χ0n) is 17.8. The van der Waals surface area contributed by atoms with Gasteiger partial charge in [0.2, 0.25) is 15.9 Å². The molecule has 10 heteroatoms. The monoisotopic (exact) mass is 438 g/mol. The topological polar surface area (TPSA) is 100 Å². The summed E-state index contributed by atoms with van der Waals surface area (Å²) in [6.07, 6.45) is 4.67. The molecule has 2 aliphatic heterocycles. The van der Waals surface area contributed by atoms with E-state index in [-0.39, 0.29) is 37.0 Å². The minimum Gasteiger partial charge on any atom is -0.444 e. The van der Waals surface area contributed by atoms with E-state index in [2.05, 4.69) is 4.98 Å². The quantitative estimate of drug-likeness (QED) is 0.712. The van der Waals surface area contributed by atoms with Crippen LogP contribution < -0.4 is 0 Å². The zero-order valence-corrected chi connectivity index (χ0v) is 18.6. The highest BCUT2D eigenvalue weighted by Crippen LogP contribution is 2.23. The number of hydrogen-bond acceptors (Lipinski definition) is 6. The highest BCUT2D eigenvalue weighted by molar-refractivity contribution is 7.89. The van der Waals surface area contributed by atoms with E-state index in [9.17, 15) is 18.0 Å². The van der Waals surface area contributed by atoms with Gasteiger partial charge in [-0.25, -0.2) is 13.2 Å². The summed E-state index contributed by atoms with van der Waals surface area (Å²) < 4.78 is 32.4. The average molecular weight is 439 g/mol. The molecule has 0 saturated carbocycles. The number of carbonyl (C=O) groups excluding carboxylic acids is 2. The van der Waals surface area contributed by atoms with Crippen LogP contribution in [0.4, 0.5) is 4.79 Å². The molecule has 1 aromatic heterocycles. The van der Waals surface area contributed by atoms with E-state index < -0.39 is 27.8 Å². The van der Waals surface area contributed by atoms with E-state index >= 15 is 0 Å². The number of nitrogens with zero attached hydrogens (tertiary/aromatic N) is 4. The van der Waals surface area contributed by atoms with Gasteiger partial charge in [-0.1, -0.05) is 0 Å². The molecule has 166 valence electrons. The number of pyridine rings is 1. The van der Waals surface area contributed by atoms with Crippen molar-refractivity contribution in [1.82, 2.24) is 19.1 Å². The molecule has 1 unspecified atom stereocenters. The molecule has 3 rings (SSSR count). The van der Waals surface area contributed by atoms with Crippen LogP contribution in [0.1, 0.15) is 40.0 Å². The van der Waals surface area contributed by atoms with E-state index in [4.69, 9.17) is 4.74 Å². The summed E-state index contributed by atoms with van der Waals surface area (Å²) >= 11 is 0. The summed E-state index contributed by atoms with van der Waals surface area (Å²) in [6, 6.07) is 2.54. The maximum absolute atomic E-state index is 13.2. The Labute approximate surface area is 178 Å². The van der Waals surface area contributed by atoms with Gasteiger partial charge in [0, 0.05) is 45.1 Å². The Morgan fingerprint density at radius 1 is 1.10 bits per heavy atom. The van der Waals surface area contributed by atoms with E-state index in [0.29, 0.717) is 13.0 Å². The second-order valence-electron chi connectivity index (χ2n) is 8.60. The van der Waals surface area contributed by atoms with Gasteiger partial charge in [-0.05, 0) is 52.2 Å². The third-order valence-corrected chi connectivity index (χ3v) is 7.12. The summed E-state index contributed by atoms with van der Waals surface area (Å²) in [5, 5.41) is 0. The van der Waals surface area contributed by atoms with E-state index in [1.807, 2.05) is 0 Å². The first kappa shape index (κ1) is 22.5. The van der Waals surface area contributed by atoms with Gasteiger partial charge < -0.3 is 9.64 Å². The Kier molecular flexibility index (Phi) is 6.66. The van der Waals surface area contributed by atoms with Crippen molar-refractivity contribution in [3.8, 4) is 0 Å². The van der Waals surface area contributed by atoms with Crippen LogP contribution in [0, 0.1) is 0 Å². The van der Waals surface area contributed by atoms with Crippen molar-refractivity contribution < 1.29 is 22.7 Å². The van der Waals surface area contributed by atoms with Crippen molar-refractivity contribution in [3.63, 3.8) is 0 Å². The predicted octanol–water partition coefficient (Wildman–Crippen LogP) is 1.70. The van der Waals surface area contributed by atoms with Crippen LogP contribution >= 0.6 is 0 Å². The zero-order chi connectivity index (χ0) is 21.9. The second-order valence-corrected chi connectivity index (χ2v) is 10.5. The molecule has 0 spiro atoms. The van der Waals surface area contributed by atoms with Crippen molar-refractivity contribution in [2.75, 3.05) is 32.7 Å². The molecule has 0 radical (unpaired) electrons. The van der Waals surface area contributed by atoms with Gasteiger partial charge in [-0.2, -0.15) is 4.31 Å². The first-order chi connectivity index (χ1) is 14.1. The molecule has 3 heterocycles. The normalized spacial score (nSPS) is 21.4. The van der Waals surface area contributed by atoms with E-state index in [1.54, 1.807) is 31.7 Å². The first-order valence-corrected chi connectivity index (χ1v) is 11.7. The van der Waals surface area contributed by atoms with Gasteiger partial charge in [0.15, 0.2) is 0 Å². The molecule has 2 amide bonds. The smallest absolute Gasteiger partial charge is 0.410 e. The van der Waals surface area contributed by atoms with Gasteiger partial charge >= 0.3 is 6.09 Å². The molecule has 2 fully saturated rings. The van der Waals surface area contributed by atoms with Crippen LogP contribution in [0.15, 0.2) is 29.4 Å². The standard InChI is InChI=1S/C20H30N4O5S/c1-20(2,3)29-19(26)24-10-5-4-8-17(24)18(25)22-11-13-23(14-12-22)30(27,28)16-7-6-9-21-15-16/h6-7,9,15,17H,4-5,8,10-14H2,1-3H3. The Bertz CT molecular complexity index is 861. The fraction of sp³-hybridized carbons (Fsp3) is 0.650. The van der Waals surface area contributed by atoms with Gasteiger partial charge in [0.05, 0.1) is 0 Å². The molecule has 0 aliphatic carbocycles. The maximum atomic E-state index is 13.2. The van der Waals surface area contributed by atoms with Crippen molar-refractivity contribution in [2.45, 2.75) is 56.6 Å². The molecule has 0 N–H and O–H groups in total. The van der Waals surface area contributed by atoms with Crippen molar-refractivity contribution in [2.24, 2.45) is 0 Å². The largest absolute Gasteiger partial charge is 0.444 e. The number of hydrogen-bond donors (Lipinski definition) is 0. The summed E-state index contributed by atoms with van der Waals surface area (Å²) in [5.74, 6) is -0.140. The Morgan fingerprint density at radius 3 is 2.40 bits per heavy atom. The number of rotatable bonds is 3. The van der Waals surface area contributed by atoms with Crippen molar-refractivity contribution in [3.05, 3.63) is 24.5 Å². The number of aromatic nitrogens is 1. The lowest BCUT2D eigenvalue weighted by molar-refractivity contribution is -0.139. The minimum atomic E-state index is -3.63. The number of likely N-dealkylation sites (tertiary alicyclic amines) is 1. The fourth-order valence-electron chi connectivity index (χ4n) is 3.74. The summed E-state index contributed by atoms with van der Waals surface area (Å²) in [5.41, 5.74) is -0.631. The second kappa shape index (κ2) is 8.89. The highest BCUT2D eigenvalue weighted by atomic mass is 32.2. The number of amides is 2. The minimum absolute atomic E-state index is 0.140. The van der Waals surface area contributed by atoms with Gasteiger partial charge in [0.1, 0.15) is 16.5 Å². The summed E-state index contributed by atoms with van der Waals surface area (Å²) in [6.45, 7) is 6.88. The highest BCUT2D eigenvalue weighted by Gasteiger charge is 2.39. The lowest BCUT2D eigenvalue weighted by Crippen LogP contribution is -2.58. The third kappa shape index (κ3) is 5.10. The molecule has 1 aromatic rings. The van der Waals surface area contributed by atoms with Crippen LogP contribution in [-0.4, -0.2) is 83.9 Å². The number of piperazine rings is 1. The van der Waals surface area contributed by atoms with E-state index in [1.165, 1.54) is 27.7 Å². The Hall–Kier alpha value is -2.20. The van der Waals surface area contributed by atoms with Gasteiger partial charge in [0.25, 0.3) is 0 Å². The van der Waals surface area contributed by atoms with E-state index in [0.717, 1.165) is 12.8 Å². The summed E-state index contributed by atoms with van der Waals surface area (Å²) in [4.78, 5) is 33.0. The number of carbonyl (C=O) groups is 2. The van der Waals surface area contributed by atoms with Gasteiger partial charge in [-0.3, -0.25) is 14.7 Å². The Morgan fingerprint density at radius 2 is 1.80 bits per heavy atom. The average Bonchev–Trinajstić information content (AvgIpc) is 2.73. The molecule has 0 bridgehead atoms. The fourth-order valence-corrected chi connectivity index (χ4v) is 5.12. The summed E-state index contributed by atoms with van der Waals surface area (Å²) in [7, 11) is -3.63. The molecular weight excluding hydrogens is 408 g/mol. The van der Waals surface area contributed by atoms with Crippen LogP contribution in [-0.2, 0) is 19.6 Å². The number of ether oxygens (including phenoxy) is 1. The first-order valence-electron chi connectivity index (χ1n) is 10.3. The molecule has 30 heavy (non-hydrogen) atoms. The maximum Gasteiger partial charge on any atom is 0.410 e. The van der Waals surface area contributed by atoms with Gasteiger partial charge in [-0.15, -0.1) is 0 Å². The number of piperidine rings is 1. The SMILES string of the molecule is CC(C)(C)OC(=O)N1CCCCC1C(=O)N1CCN(S(=O)(=O)c2cccnc2)CC1. The molecule has 0 aromatic carbocycles. The van der Waals surface area contributed by atoms with Crippen LogP contribution in [0.25, 0.3) is 0 Å². The lowest BCUT2D eigenvalue weighted by atomic mass is 10.0. The third-order valence-electron chi connectivity index (χ3n) is 5.24. The lowest BCUT2D eigenvalue weighted by Gasteiger charge is -2.40. The molecule has 9 nitrogen and oxygen atoms in total. The molecule has 2 aliphatic rings. The van der Waals surface area contributed by atoms with Crippen LogP contribution in [0.3, 0.4) is 0 Å². The number of sulfonamides is 1. The van der Waals surface area contributed by atoms with Crippen molar-refractivity contribution >= 4 is 22.0 Å². The molecule has 1 atom stereocenters.